The van der Waals surface area contributed by atoms with Crippen molar-refractivity contribution in [2.45, 2.75) is 0 Å². The highest BCUT2D eigenvalue weighted by Gasteiger charge is 2.21. The van der Waals surface area contributed by atoms with Crippen LogP contribution in [-0.2, 0) is 0 Å². The number of anilines is 3. The Morgan fingerprint density at radius 3 is 1.56 bits per heavy atom. The van der Waals surface area contributed by atoms with E-state index in [1.807, 2.05) is 0 Å². The van der Waals surface area contributed by atoms with Gasteiger partial charge in [0.05, 0.1) is 16.7 Å². The lowest BCUT2D eigenvalue weighted by Gasteiger charge is -2.27. The molecule has 48 heavy (non-hydrogen) atoms. The van der Waals surface area contributed by atoms with E-state index in [4.69, 9.17) is 0 Å². The van der Waals surface area contributed by atoms with E-state index >= 15 is 0 Å². The lowest BCUT2D eigenvalue weighted by atomic mass is 9.98. The summed E-state index contributed by atoms with van der Waals surface area (Å²) in [5.41, 5.74) is 11.8. The van der Waals surface area contributed by atoms with Crippen LogP contribution in [0, 0.1) is 0 Å². The molecule has 1 heterocycles. The Balaban J connectivity index is 1.25. The average molecular weight is 613 g/mol. The maximum Gasteiger partial charge on any atom is 0.0621 e. The summed E-state index contributed by atoms with van der Waals surface area (Å²) in [6, 6.07) is 69.8. The van der Waals surface area contributed by atoms with Gasteiger partial charge < -0.3 is 9.47 Å². The molecule has 0 fully saturated rings. The van der Waals surface area contributed by atoms with Crippen LogP contribution < -0.4 is 4.90 Å². The van der Waals surface area contributed by atoms with E-state index in [2.05, 4.69) is 204 Å². The number of nitrogens with zero attached hydrogens (tertiary/aromatic N) is 2. The highest BCUT2D eigenvalue weighted by Crippen LogP contribution is 2.45. The molecular formula is C46H32N2. The van der Waals surface area contributed by atoms with Crippen LogP contribution in [-0.4, -0.2) is 4.57 Å². The minimum atomic E-state index is 1.11. The van der Waals surface area contributed by atoms with Gasteiger partial charge in [-0.15, -0.1) is 0 Å². The summed E-state index contributed by atoms with van der Waals surface area (Å²) in [5.74, 6) is 0. The molecule has 0 N–H and O–H groups in total. The molecule has 2 nitrogen and oxygen atoms in total. The summed E-state index contributed by atoms with van der Waals surface area (Å²) in [6.45, 7) is 0. The van der Waals surface area contributed by atoms with Gasteiger partial charge in [0.15, 0.2) is 0 Å². The molecule has 0 radical (unpaired) electrons. The van der Waals surface area contributed by atoms with Crippen molar-refractivity contribution < 1.29 is 0 Å². The lowest BCUT2D eigenvalue weighted by molar-refractivity contribution is 1.19. The summed E-state index contributed by atoms with van der Waals surface area (Å²) in [4.78, 5) is 2.40. The van der Waals surface area contributed by atoms with Crippen LogP contribution in [0.5, 0.6) is 0 Å². The number of para-hydroxylation sites is 3. The minimum Gasteiger partial charge on any atom is -0.310 e. The number of hydrogen-bond acceptors (Lipinski definition) is 1. The SMILES string of the molecule is c1ccc(-c2cccc(-c3ccc(N(c4ccccc4)c4cc5c6ccccc6n(-c6ccccc6)c5c5ccccc45)cc3)c2)cc1. The second-order valence-electron chi connectivity index (χ2n) is 12.2. The zero-order chi connectivity index (χ0) is 31.9. The molecule has 2 heteroatoms. The lowest BCUT2D eigenvalue weighted by Crippen LogP contribution is -2.10. The first-order chi connectivity index (χ1) is 23.8. The molecule has 0 unspecified atom stereocenters. The van der Waals surface area contributed by atoms with E-state index in [9.17, 15) is 0 Å². The molecule has 226 valence electrons. The molecule has 9 aromatic rings. The third-order valence-electron chi connectivity index (χ3n) is 9.35. The van der Waals surface area contributed by atoms with Crippen molar-refractivity contribution in [3.8, 4) is 27.9 Å². The third kappa shape index (κ3) is 4.74. The van der Waals surface area contributed by atoms with Crippen LogP contribution >= 0.6 is 0 Å². The smallest absolute Gasteiger partial charge is 0.0621 e. The Kier molecular flexibility index (Phi) is 6.84. The fourth-order valence-electron chi connectivity index (χ4n) is 7.15. The van der Waals surface area contributed by atoms with Crippen LogP contribution in [0.1, 0.15) is 0 Å². The molecule has 0 aliphatic rings. The number of rotatable bonds is 6. The molecule has 0 spiro atoms. The van der Waals surface area contributed by atoms with Gasteiger partial charge in [-0.2, -0.15) is 0 Å². The molecule has 0 bridgehead atoms. The molecule has 0 saturated heterocycles. The van der Waals surface area contributed by atoms with Crippen LogP contribution in [0.25, 0.3) is 60.5 Å². The number of hydrogen-bond donors (Lipinski definition) is 0. The summed E-state index contributed by atoms with van der Waals surface area (Å²) >= 11 is 0. The van der Waals surface area contributed by atoms with Gasteiger partial charge >= 0.3 is 0 Å². The zero-order valence-corrected chi connectivity index (χ0v) is 26.4. The molecule has 8 aromatic carbocycles. The normalized spacial score (nSPS) is 11.3. The number of fused-ring (bicyclic) bond motifs is 5. The van der Waals surface area contributed by atoms with E-state index in [0.717, 1.165) is 22.7 Å². The fourth-order valence-corrected chi connectivity index (χ4v) is 7.15. The highest BCUT2D eigenvalue weighted by molar-refractivity contribution is 6.22. The Labute approximate surface area is 280 Å². The molecule has 1 aromatic heterocycles. The topological polar surface area (TPSA) is 8.17 Å². The second-order valence-corrected chi connectivity index (χ2v) is 12.2. The first kappa shape index (κ1) is 27.9. The standard InChI is InChI=1S/C46H32N2/c1-4-15-33(16-5-1)35-17-14-18-36(31-35)34-27-29-39(30-28-34)47(37-19-6-2-7-20-37)45-32-43-41-24-12-13-26-44(41)48(38-21-8-3-9-22-38)46(43)42-25-11-10-23-40(42)45/h1-32H. The summed E-state index contributed by atoms with van der Waals surface area (Å²) in [6.07, 6.45) is 0. The van der Waals surface area contributed by atoms with Crippen LogP contribution in [0.15, 0.2) is 194 Å². The van der Waals surface area contributed by atoms with Crippen LogP contribution in [0.4, 0.5) is 17.1 Å². The predicted molar refractivity (Wildman–Crippen MR) is 204 cm³/mol. The summed E-state index contributed by atoms with van der Waals surface area (Å²) < 4.78 is 2.42. The van der Waals surface area contributed by atoms with Crippen molar-refractivity contribution in [1.82, 2.24) is 4.57 Å². The van der Waals surface area contributed by atoms with Crippen molar-refractivity contribution in [3.05, 3.63) is 194 Å². The summed E-state index contributed by atoms with van der Waals surface area (Å²) in [7, 11) is 0. The van der Waals surface area contributed by atoms with Gasteiger partial charge in [-0.3, -0.25) is 0 Å². The van der Waals surface area contributed by atoms with Gasteiger partial charge in [0, 0.05) is 38.6 Å². The zero-order valence-electron chi connectivity index (χ0n) is 26.4. The molecule has 0 saturated carbocycles. The first-order valence-corrected chi connectivity index (χ1v) is 16.4. The third-order valence-corrected chi connectivity index (χ3v) is 9.35. The first-order valence-electron chi connectivity index (χ1n) is 16.4. The molecule has 9 rings (SSSR count). The molecule has 0 aliphatic heterocycles. The van der Waals surface area contributed by atoms with Crippen LogP contribution in [0.2, 0.25) is 0 Å². The molecular weight excluding hydrogens is 581 g/mol. The summed E-state index contributed by atoms with van der Waals surface area (Å²) in [5, 5.41) is 4.90. The molecule has 0 aliphatic carbocycles. The van der Waals surface area contributed by atoms with Gasteiger partial charge in [0.25, 0.3) is 0 Å². The Morgan fingerprint density at radius 1 is 0.333 bits per heavy atom. The maximum absolute atomic E-state index is 2.42. The van der Waals surface area contributed by atoms with Crippen molar-refractivity contribution in [2.24, 2.45) is 0 Å². The van der Waals surface area contributed by atoms with E-state index in [0.29, 0.717) is 0 Å². The molecule has 0 atom stereocenters. The van der Waals surface area contributed by atoms with E-state index in [-0.39, 0.29) is 0 Å². The number of aromatic nitrogens is 1. The second kappa shape index (κ2) is 11.8. The van der Waals surface area contributed by atoms with Gasteiger partial charge in [-0.25, -0.2) is 0 Å². The van der Waals surface area contributed by atoms with E-state index < -0.39 is 0 Å². The Bertz CT molecular complexity index is 2530. The van der Waals surface area contributed by atoms with Crippen LogP contribution in [0.3, 0.4) is 0 Å². The quantitative estimate of drug-likeness (QED) is 0.181. The van der Waals surface area contributed by atoms with Gasteiger partial charge in [0.1, 0.15) is 0 Å². The minimum absolute atomic E-state index is 1.11. The predicted octanol–water partition coefficient (Wildman–Crippen LogP) is 12.7. The fraction of sp³-hybridized carbons (Fsp3) is 0. The monoisotopic (exact) mass is 612 g/mol. The van der Waals surface area contributed by atoms with Crippen molar-refractivity contribution >= 4 is 49.6 Å². The highest BCUT2D eigenvalue weighted by atomic mass is 15.1. The van der Waals surface area contributed by atoms with Crippen molar-refractivity contribution in [3.63, 3.8) is 0 Å². The average Bonchev–Trinajstić information content (AvgIpc) is 3.51. The van der Waals surface area contributed by atoms with Gasteiger partial charge in [-0.1, -0.05) is 140 Å². The van der Waals surface area contributed by atoms with Gasteiger partial charge in [0.2, 0.25) is 0 Å². The van der Waals surface area contributed by atoms with E-state index in [1.165, 1.54) is 54.8 Å². The number of benzene rings is 8. The maximum atomic E-state index is 2.42. The van der Waals surface area contributed by atoms with Crippen molar-refractivity contribution in [1.29, 1.82) is 0 Å². The van der Waals surface area contributed by atoms with Crippen molar-refractivity contribution in [2.75, 3.05) is 4.90 Å². The Morgan fingerprint density at radius 2 is 0.854 bits per heavy atom. The van der Waals surface area contributed by atoms with E-state index in [1.54, 1.807) is 0 Å². The Hall–Kier alpha value is -6.38. The van der Waals surface area contributed by atoms with Gasteiger partial charge in [-0.05, 0) is 76.9 Å². The largest absolute Gasteiger partial charge is 0.310 e. The molecule has 0 amide bonds.